The highest BCUT2D eigenvalue weighted by Gasteiger charge is 2.16. The fourth-order valence-electron chi connectivity index (χ4n) is 1.19. The summed E-state index contributed by atoms with van der Waals surface area (Å²) in [5, 5.41) is 5.87. The third-order valence-corrected chi connectivity index (χ3v) is 2.20. The zero-order valence-corrected chi connectivity index (χ0v) is 10.5. The summed E-state index contributed by atoms with van der Waals surface area (Å²) in [6.07, 6.45) is 0.740. The summed E-state index contributed by atoms with van der Waals surface area (Å²) >= 11 is 0. The summed E-state index contributed by atoms with van der Waals surface area (Å²) in [4.78, 5) is 11.2. The minimum Gasteiger partial charge on any atom is -0.380 e. The monoisotopic (exact) mass is 252 g/mol. The highest BCUT2D eigenvalue weighted by atomic mass is 35.5. The van der Waals surface area contributed by atoms with Gasteiger partial charge in [0.15, 0.2) is 0 Å². The van der Waals surface area contributed by atoms with Crippen LogP contribution in [0.5, 0.6) is 0 Å². The minimum atomic E-state index is 0. The van der Waals surface area contributed by atoms with Gasteiger partial charge in [-0.25, -0.2) is 0 Å². The van der Waals surface area contributed by atoms with Crippen molar-refractivity contribution in [3.63, 3.8) is 0 Å². The molecule has 0 spiro atoms. The molecule has 1 rings (SSSR count). The van der Waals surface area contributed by atoms with E-state index in [4.69, 9.17) is 9.47 Å². The van der Waals surface area contributed by atoms with Crippen LogP contribution < -0.4 is 10.6 Å². The van der Waals surface area contributed by atoms with E-state index in [-0.39, 0.29) is 18.3 Å². The summed E-state index contributed by atoms with van der Waals surface area (Å²) in [5.41, 5.74) is 0. The first-order chi connectivity index (χ1) is 7.33. The van der Waals surface area contributed by atoms with Crippen LogP contribution in [0.3, 0.4) is 0 Å². The molecule has 1 heterocycles. The molecule has 0 saturated carbocycles. The molecule has 0 radical (unpaired) electrons. The van der Waals surface area contributed by atoms with E-state index in [2.05, 4.69) is 10.6 Å². The molecule has 1 fully saturated rings. The Kier molecular flexibility index (Phi) is 9.62. The molecule has 6 heteroatoms. The molecule has 0 aromatic heterocycles. The van der Waals surface area contributed by atoms with Crippen LogP contribution in [-0.4, -0.2) is 51.5 Å². The van der Waals surface area contributed by atoms with Crippen molar-refractivity contribution in [2.24, 2.45) is 0 Å². The summed E-state index contributed by atoms with van der Waals surface area (Å²) in [6, 6.07) is 0. The van der Waals surface area contributed by atoms with Crippen LogP contribution in [0.1, 0.15) is 13.3 Å². The number of hydrogen-bond donors (Lipinski definition) is 2. The second-order valence-corrected chi connectivity index (χ2v) is 3.45. The van der Waals surface area contributed by atoms with Crippen LogP contribution in [0.25, 0.3) is 0 Å². The van der Waals surface area contributed by atoms with Gasteiger partial charge >= 0.3 is 0 Å². The topological polar surface area (TPSA) is 59.6 Å². The maximum atomic E-state index is 11.2. The zero-order valence-electron chi connectivity index (χ0n) is 9.66. The van der Waals surface area contributed by atoms with Gasteiger partial charge in [-0.3, -0.25) is 4.79 Å². The van der Waals surface area contributed by atoms with Gasteiger partial charge in [0.1, 0.15) is 0 Å². The Bertz CT molecular complexity index is 189. The van der Waals surface area contributed by atoms with Gasteiger partial charge in [-0.05, 0) is 6.92 Å². The van der Waals surface area contributed by atoms with Gasteiger partial charge in [-0.2, -0.15) is 0 Å². The van der Waals surface area contributed by atoms with E-state index in [1.165, 1.54) is 0 Å². The number of amides is 1. The lowest BCUT2D eigenvalue weighted by Crippen LogP contribution is -2.48. The number of ether oxygens (including phenoxy) is 2. The summed E-state index contributed by atoms with van der Waals surface area (Å²) in [6.45, 7) is 6.11. The van der Waals surface area contributed by atoms with Crippen LogP contribution in [0.2, 0.25) is 0 Å². The Morgan fingerprint density at radius 2 is 2.19 bits per heavy atom. The Balaban J connectivity index is 0.00000225. The lowest BCUT2D eigenvalue weighted by molar-refractivity contribution is -0.123. The van der Waals surface area contributed by atoms with E-state index in [1.807, 2.05) is 6.92 Å². The smallest absolute Gasteiger partial charge is 0.222 e. The second kappa shape index (κ2) is 9.84. The lowest BCUT2D eigenvalue weighted by atomic mass is 10.2. The van der Waals surface area contributed by atoms with Crippen LogP contribution in [0.4, 0.5) is 0 Å². The van der Waals surface area contributed by atoms with Crippen molar-refractivity contribution < 1.29 is 14.3 Å². The molecule has 1 aliphatic rings. The average Bonchev–Trinajstić information content (AvgIpc) is 2.17. The number of halogens is 1. The van der Waals surface area contributed by atoms with Gasteiger partial charge in [0.05, 0.1) is 19.3 Å². The molecule has 1 saturated heterocycles. The predicted octanol–water partition coefficient (Wildman–Crippen LogP) is -0.0606. The minimum absolute atomic E-state index is 0. The Morgan fingerprint density at radius 1 is 1.44 bits per heavy atom. The molecule has 1 amide bonds. The van der Waals surface area contributed by atoms with Gasteiger partial charge in [0.2, 0.25) is 5.91 Å². The van der Waals surface area contributed by atoms with E-state index in [0.29, 0.717) is 38.9 Å². The molecule has 0 atom stereocenters. The van der Waals surface area contributed by atoms with Crippen LogP contribution in [-0.2, 0) is 14.3 Å². The molecule has 0 aliphatic carbocycles. The van der Waals surface area contributed by atoms with Crippen LogP contribution in [0, 0.1) is 0 Å². The molecule has 5 nitrogen and oxygen atoms in total. The summed E-state index contributed by atoms with van der Waals surface area (Å²) in [5.74, 6) is 0.0296. The number of rotatable bonds is 8. The van der Waals surface area contributed by atoms with Crippen molar-refractivity contribution >= 4 is 18.3 Å². The zero-order chi connectivity index (χ0) is 10.9. The third-order valence-electron chi connectivity index (χ3n) is 2.20. The molecule has 0 aromatic rings. The molecular weight excluding hydrogens is 232 g/mol. The first-order valence-corrected chi connectivity index (χ1v) is 5.49. The van der Waals surface area contributed by atoms with Crippen molar-refractivity contribution in [1.29, 1.82) is 0 Å². The van der Waals surface area contributed by atoms with Crippen molar-refractivity contribution in [3.8, 4) is 0 Å². The van der Waals surface area contributed by atoms with Gasteiger partial charge in [0.25, 0.3) is 0 Å². The molecule has 0 aromatic carbocycles. The Labute approximate surface area is 103 Å². The van der Waals surface area contributed by atoms with Crippen molar-refractivity contribution in [2.75, 3.05) is 39.5 Å². The average molecular weight is 253 g/mol. The third kappa shape index (κ3) is 7.00. The van der Waals surface area contributed by atoms with Gasteiger partial charge < -0.3 is 20.1 Å². The molecule has 2 N–H and O–H groups in total. The maximum Gasteiger partial charge on any atom is 0.222 e. The molecule has 1 aliphatic heterocycles. The van der Waals surface area contributed by atoms with Crippen LogP contribution >= 0.6 is 12.4 Å². The van der Waals surface area contributed by atoms with Gasteiger partial charge in [-0.1, -0.05) is 0 Å². The molecular formula is C10H21ClN2O3. The summed E-state index contributed by atoms with van der Waals surface area (Å²) < 4.78 is 10.5. The Hall–Kier alpha value is -0.360. The fourth-order valence-corrected chi connectivity index (χ4v) is 1.19. The Morgan fingerprint density at radius 3 is 2.75 bits per heavy atom. The number of carbonyl (C=O) groups excluding carboxylic acids is 1. The first kappa shape index (κ1) is 15.6. The first-order valence-electron chi connectivity index (χ1n) is 5.49. The van der Waals surface area contributed by atoms with Crippen molar-refractivity contribution in [1.82, 2.24) is 10.6 Å². The predicted molar refractivity (Wildman–Crippen MR) is 64.0 cm³/mol. The summed E-state index contributed by atoms with van der Waals surface area (Å²) in [7, 11) is 0. The molecule has 0 unspecified atom stereocenters. The normalized spacial score (nSPS) is 15.1. The highest BCUT2D eigenvalue weighted by Crippen LogP contribution is 1.98. The molecule has 96 valence electrons. The lowest BCUT2D eigenvalue weighted by Gasteiger charge is -2.26. The van der Waals surface area contributed by atoms with Gasteiger partial charge in [-0.15, -0.1) is 12.4 Å². The molecule has 0 bridgehead atoms. The SMILES string of the molecule is CCOCCNC(=O)CCOC1CNC1.Cl. The fraction of sp³-hybridized carbons (Fsp3) is 0.900. The van der Waals surface area contributed by atoms with Crippen LogP contribution in [0.15, 0.2) is 0 Å². The van der Waals surface area contributed by atoms with E-state index in [0.717, 1.165) is 13.1 Å². The highest BCUT2D eigenvalue weighted by molar-refractivity contribution is 5.85. The van der Waals surface area contributed by atoms with Crippen molar-refractivity contribution in [2.45, 2.75) is 19.4 Å². The van der Waals surface area contributed by atoms with E-state index >= 15 is 0 Å². The van der Waals surface area contributed by atoms with Crippen molar-refractivity contribution in [3.05, 3.63) is 0 Å². The number of hydrogen-bond acceptors (Lipinski definition) is 4. The number of carbonyl (C=O) groups is 1. The van der Waals surface area contributed by atoms with E-state index in [1.54, 1.807) is 0 Å². The largest absolute Gasteiger partial charge is 0.380 e. The number of nitrogens with one attached hydrogen (secondary N) is 2. The standard InChI is InChI=1S/C10H20N2O3.ClH/c1-2-14-6-4-12-10(13)3-5-15-9-7-11-8-9;/h9,11H,2-8H2,1H3,(H,12,13);1H. The maximum absolute atomic E-state index is 11.2. The molecule has 16 heavy (non-hydrogen) atoms. The quantitative estimate of drug-likeness (QED) is 0.595. The van der Waals surface area contributed by atoms with E-state index in [9.17, 15) is 4.79 Å². The van der Waals surface area contributed by atoms with E-state index < -0.39 is 0 Å². The second-order valence-electron chi connectivity index (χ2n) is 3.45. The van der Waals surface area contributed by atoms with Gasteiger partial charge in [0, 0.05) is 32.7 Å².